The predicted molar refractivity (Wildman–Crippen MR) is 135 cm³/mol. The molecule has 1 saturated heterocycles. The fraction of sp³-hybridized carbons (Fsp3) is 0.250. The lowest BCUT2D eigenvalue weighted by atomic mass is 10.1. The molecule has 0 aliphatic carbocycles. The molecule has 0 N–H and O–H groups in total. The maximum absolute atomic E-state index is 13.3. The van der Waals surface area contributed by atoms with E-state index in [9.17, 15) is 9.59 Å². The number of para-hydroxylation sites is 2. The number of ether oxygens (including phenoxy) is 2. The molecule has 8 nitrogen and oxygen atoms in total. The third-order valence-electron chi connectivity index (χ3n) is 6.82. The summed E-state index contributed by atoms with van der Waals surface area (Å²) in [6.45, 7) is 1.36. The van der Waals surface area contributed by atoms with Gasteiger partial charge in [-0.05, 0) is 29.8 Å². The Morgan fingerprint density at radius 3 is 2.67 bits per heavy atom. The first kappa shape index (κ1) is 22.2. The molecule has 0 bridgehead atoms. The maximum Gasteiger partial charge on any atom is 0.242 e. The number of nitrogens with zero attached hydrogens (tertiary/aromatic N) is 4. The lowest BCUT2D eigenvalue weighted by molar-refractivity contribution is -0.131. The van der Waals surface area contributed by atoms with Crippen molar-refractivity contribution in [1.82, 2.24) is 14.5 Å². The van der Waals surface area contributed by atoms with Gasteiger partial charge in [-0.15, -0.1) is 0 Å². The minimum atomic E-state index is -0.137. The van der Waals surface area contributed by atoms with Gasteiger partial charge in [0.1, 0.15) is 12.4 Å². The number of hydrogen-bond donors (Lipinski definition) is 0. The molecule has 6 rings (SSSR count). The quantitative estimate of drug-likeness (QED) is 0.416. The predicted octanol–water partition coefficient (Wildman–Crippen LogP) is 3.94. The van der Waals surface area contributed by atoms with E-state index in [-0.39, 0.29) is 31.1 Å². The molecule has 4 aromatic rings. The Hall–Kier alpha value is -4.33. The molecule has 1 aromatic heterocycles. The van der Waals surface area contributed by atoms with Crippen LogP contribution in [0.1, 0.15) is 23.7 Å². The second kappa shape index (κ2) is 9.03. The average molecular weight is 483 g/mol. The van der Waals surface area contributed by atoms with Crippen LogP contribution in [-0.4, -0.2) is 46.7 Å². The Morgan fingerprint density at radius 1 is 1.03 bits per heavy atom. The van der Waals surface area contributed by atoms with Crippen molar-refractivity contribution in [2.75, 3.05) is 25.3 Å². The van der Waals surface area contributed by atoms with Gasteiger partial charge < -0.3 is 23.8 Å². The molecule has 8 heteroatoms. The Bertz CT molecular complexity index is 1450. The van der Waals surface area contributed by atoms with Gasteiger partial charge >= 0.3 is 0 Å². The molecule has 3 aromatic carbocycles. The van der Waals surface area contributed by atoms with E-state index in [4.69, 9.17) is 14.5 Å². The van der Waals surface area contributed by atoms with Crippen molar-refractivity contribution in [3.05, 3.63) is 84.2 Å². The Morgan fingerprint density at radius 2 is 1.81 bits per heavy atom. The number of hydrogen-bond acceptors (Lipinski definition) is 5. The fourth-order valence-electron chi connectivity index (χ4n) is 4.96. The van der Waals surface area contributed by atoms with Crippen molar-refractivity contribution in [1.29, 1.82) is 0 Å². The van der Waals surface area contributed by atoms with Gasteiger partial charge in [0, 0.05) is 44.2 Å². The van der Waals surface area contributed by atoms with Gasteiger partial charge in [-0.2, -0.15) is 0 Å². The largest absolute Gasteiger partial charge is 0.454 e. The number of benzene rings is 3. The molecular weight excluding hydrogens is 456 g/mol. The van der Waals surface area contributed by atoms with Gasteiger partial charge in [-0.1, -0.05) is 42.5 Å². The molecule has 0 saturated carbocycles. The monoisotopic (exact) mass is 482 g/mol. The summed E-state index contributed by atoms with van der Waals surface area (Å²) in [5.74, 6) is 1.95. The molecule has 2 aliphatic rings. The van der Waals surface area contributed by atoms with E-state index >= 15 is 0 Å². The highest BCUT2D eigenvalue weighted by molar-refractivity contribution is 5.97. The number of carbonyl (C=O) groups excluding carboxylic acids is 2. The number of aromatic nitrogens is 2. The molecule has 182 valence electrons. The Kier molecular flexibility index (Phi) is 5.56. The highest BCUT2D eigenvalue weighted by Gasteiger charge is 2.36. The number of amides is 2. The second-order valence-corrected chi connectivity index (χ2v) is 9.22. The van der Waals surface area contributed by atoms with Crippen molar-refractivity contribution in [2.45, 2.75) is 25.4 Å². The summed E-state index contributed by atoms with van der Waals surface area (Å²) in [7, 11) is 1.81. The van der Waals surface area contributed by atoms with Crippen LogP contribution in [-0.2, 0) is 22.7 Å². The van der Waals surface area contributed by atoms with Gasteiger partial charge in [0.2, 0.25) is 18.6 Å². The van der Waals surface area contributed by atoms with Crippen molar-refractivity contribution >= 4 is 28.5 Å². The maximum atomic E-state index is 13.3. The van der Waals surface area contributed by atoms with Gasteiger partial charge in [0.05, 0.1) is 11.0 Å². The van der Waals surface area contributed by atoms with Crippen LogP contribution in [0.25, 0.3) is 11.0 Å². The van der Waals surface area contributed by atoms with Crippen LogP contribution in [0.5, 0.6) is 11.5 Å². The highest BCUT2D eigenvalue weighted by Crippen LogP contribution is 2.39. The summed E-state index contributed by atoms with van der Waals surface area (Å²) in [6, 6.07) is 23.3. The second-order valence-electron chi connectivity index (χ2n) is 9.22. The van der Waals surface area contributed by atoms with Crippen LogP contribution in [0, 0.1) is 0 Å². The van der Waals surface area contributed by atoms with Crippen LogP contribution in [0.4, 0.5) is 5.69 Å². The van der Waals surface area contributed by atoms with E-state index in [1.54, 1.807) is 9.80 Å². The summed E-state index contributed by atoms with van der Waals surface area (Å²) < 4.78 is 12.9. The molecule has 36 heavy (non-hydrogen) atoms. The van der Waals surface area contributed by atoms with E-state index in [2.05, 4.69) is 0 Å². The van der Waals surface area contributed by atoms with E-state index in [0.717, 1.165) is 28.1 Å². The number of carbonyl (C=O) groups is 2. The number of anilines is 1. The molecule has 0 radical (unpaired) electrons. The Labute approximate surface area is 208 Å². The number of rotatable bonds is 6. The van der Waals surface area contributed by atoms with Crippen LogP contribution in [0.2, 0.25) is 0 Å². The molecule has 2 amide bonds. The topological polar surface area (TPSA) is 76.9 Å². The van der Waals surface area contributed by atoms with Gasteiger partial charge in [0.15, 0.2) is 11.5 Å². The van der Waals surface area contributed by atoms with Crippen LogP contribution < -0.4 is 14.4 Å². The number of likely N-dealkylation sites (N-methyl/N-ethyl adjacent to an activating group) is 1. The van der Waals surface area contributed by atoms with Crippen molar-refractivity contribution < 1.29 is 19.1 Å². The van der Waals surface area contributed by atoms with Gasteiger partial charge in [0.25, 0.3) is 0 Å². The van der Waals surface area contributed by atoms with E-state index in [1.807, 2.05) is 84.4 Å². The third kappa shape index (κ3) is 4.04. The first-order valence-corrected chi connectivity index (χ1v) is 12.0. The Balaban J connectivity index is 1.27. The number of imidazole rings is 1. The minimum absolute atomic E-state index is 0.0137. The summed E-state index contributed by atoms with van der Waals surface area (Å²) in [4.78, 5) is 34.7. The molecule has 1 unspecified atom stereocenters. The van der Waals surface area contributed by atoms with E-state index in [1.165, 1.54) is 0 Å². The van der Waals surface area contributed by atoms with Crippen molar-refractivity contribution in [3.63, 3.8) is 0 Å². The fourth-order valence-corrected chi connectivity index (χ4v) is 4.96. The normalized spacial score (nSPS) is 16.6. The molecule has 0 spiro atoms. The lowest BCUT2D eigenvalue weighted by Gasteiger charge is -2.20. The van der Waals surface area contributed by atoms with Crippen LogP contribution >= 0.6 is 0 Å². The first-order valence-electron chi connectivity index (χ1n) is 12.0. The summed E-state index contributed by atoms with van der Waals surface area (Å²) in [5, 5.41) is 0. The van der Waals surface area contributed by atoms with Gasteiger partial charge in [-0.3, -0.25) is 9.59 Å². The molecular formula is C28H26N4O4. The standard InChI is InChI=1S/C28H26N4O4/c1-30(15-19-7-3-2-4-8-19)27(34)17-32-23-10-6-5-9-22(23)29-28(32)20-13-26(33)31(16-20)21-11-12-24-25(14-21)36-18-35-24/h2-12,14,20H,13,15-18H2,1H3. The zero-order valence-corrected chi connectivity index (χ0v) is 20.0. The lowest BCUT2D eigenvalue weighted by Crippen LogP contribution is -2.30. The van der Waals surface area contributed by atoms with Gasteiger partial charge in [-0.25, -0.2) is 4.98 Å². The van der Waals surface area contributed by atoms with Crippen LogP contribution in [0.3, 0.4) is 0 Å². The zero-order valence-electron chi connectivity index (χ0n) is 20.0. The van der Waals surface area contributed by atoms with Crippen molar-refractivity contribution in [3.8, 4) is 11.5 Å². The van der Waals surface area contributed by atoms with E-state index < -0.39 is 0 Å². The van der Waals surface area contributed by atoms with E-state index in [0.29, 0.717) is 31.0 Å². The third-order valence-corrected chi connectivity index (χ3v) is 6.82. The average Bonchev–Trinajstić information content (AvgIpc) is 3.61. The molecule has 2 aliphatic heterocycles. The summed E-state index contributed by atoms with van der Waals surface area (Å²) >= 11 is 0. The molecule has 1 atom stereocenters. The number of fused-ring (bicyclic) bond motifs is 2. The minimum Gasteiger partial charge on any atom is -0.454 e. The molecule has 1 fully saturated rings. The smallest absolute Gasteiger partial charge is 0.242 e. The summed E-state index contributed by atoms with van der Waals surface area (Å²) in [6.07, 6.45) is 0.325. The van der Waals surface area contributed by atoms with Crippen molar-refractivity contribution in [2.24, 2.45) is 0 Å². The SMILES string of the molecule is CN(Cc1ccccc1)C(=O)Cn1c(C2CC(=O)N(c3ccc4c(c3)OCO4)C2)nc2ccccc21. The first-order chi connectivity index (χ1) is 17.6. The van der Waals surface area contributed by atoms with Crippen LogP contribution in [0.15, 0.2) is 72.8 Å². The highest BCUT2D eigenvalue weighted by atomic mass is 16.7. The zero-order chi connectivity index (χ0) is 24.6. The molecule has 3 heterocycles. The summed E-state index contributed by atoms with van der Waals surface area (Å²) in [5.41, 5.74) is 3.56.